The zero-order valence-electron chi connectivity index (χ0n) is 9.00. The third kappa shape index (κ3) is 3.20. The molecule has 1 rings (SSSR count). The van der Waals surface area contributed by atoms with Crippen molar-refractivity contribution < 1.29 is 19.0 Å². The number of carboxylic acid groups (broad SMARTS) is 1. The molecular weight excluding hydrogens is 213 g/mol. The Bertz CT molecular complexity index is 368. The minimum absolute atomic E-state index is 0.271. The number of anilines is 1. The Hall–Kier alpha value is -1.62. The van der Waals surface area contributed by atoms with Gasteiger partial charge in [-0.25, -0.2) is 9.18 Å². The van der Waals surface area contributed by atoms with Crippen LogP contribution < -0.4 is 5.32 Å². The molecule has 16 heavy (non-hydrogen) atoms. The number of aromatic carboxylic acids is 1. The molecule has 0 atom stereocenters. The van der Waals surface area contributed by atoms with Gasteiger partial charge in [0.25, 0.3) is 0 Å². The highest BCUT2D eigenvalue weighted by Crippen LogP contribution is 2.18. The van der Waals surface area contributed by atoms with Gasteiger partial charge in [-0.05, 0) is 19.1 Å². The molecule has 0 fully saturated rings. The monoisotopic (exact) mass is 227 g/mol. The number of hydrogen-bond donors (Lipinski definition) is 2. The number of benzene rings is 1. The third-order valence-corrected chi connectivity index (χ3v) is 1.99. The molecule has 0 aromatic heterocycles. The predicted octanol–water partition coefficient (Wildman–Crippen LogP) is 1.97. The van der Waals surface area contributed by atoms with Gasteiger partial charge in [0.1, 0.15) is 11.4 Å². The van der Waals surface area contributed by atoms with E-state index in [1.54, 1.807) is 0 Å². The Labute approximate surface area is 93.0 Å². The third-order valence-electron chi connectivity index (χ3n) is 1.99. The second kappa shape index (κ2) is 6.07. The Morgan fingerprint density at radius 1 is 1.56 bits per heavy atom. The van der Waals surface area contributed by atoms with E-state index in [9.17, 15) is 9.18 Å². The van der Waals surface area contributed by atoms with Gasteiger partial charge in [-0.1, -0.05) is 6.07 Å². The molecule has 0 radical (unpaired) electrons. The van der Waals surface area contributed by atoms with Crippen LogP contribution in [0.4, 0.5) is 10.1 Å². The smallest absolute Gasteiger partial charge is 0.340 e. The van der Waals surface area contributed by atoms with Crippen molar-refractivity contribution in [3.8, 4) is 0 Å². The largest absolute Gasteiger partial charge is 0.478 e. The SMILES string of the molecule is CCOCCNc1cccc(F)c1C(=O)O. The van der Waals surface area contributed by atoms with E-state index in [2.05, 4.69) is 5.32 Å². The van der Waals surface area contributed by atoms with Crippen LogP contribution in [0.3, 0.4) is 0 Å². The molecule has 1 aromatic rings. The van der Waals surface area contributed by atoms with Crippen molar-refractivity contribution in [1.29, 1.82) is 0 Å². The lowest BCUT2D eigenvalue weighted by atomic mass is 10.1. The fourth-order valence-corrected chi connectivity index (χ4v) is 1.29. The summed E-state index contributed by atoms with van der Waals surface area (Å²) in [5, 5.41) is 11.7. The molecule has 1 aromatic carbocycles. The van der Waals surface area contributed by atoms with E-state index in [1.165, 1.54) is 12.1 Å². The number of ether oxygens (including phenoxy) is 1. The molecule has 88 valence electrons. The Morgan fingerprint density at radius 3 is 2.94 bits per heavy atom. The summed E-state index contributed by atoms with van der Waals surface area (Å²) in [4.78, 5) is 10.8. The molecule has 0 heterocycles. The van der Waals surface area contributed by atoms with Crippen molar-refractivity contribution in [2.24, 2.45) is 0 Å². The van der Waals surface area contributed by atoms with Crippen LogP contribution in [0.15, 0.2) is 18.2 Å². The normalized spacial score (nSPS) is 10.1. The molecule has 0 aliphatic rings. The quantitative estimate of drug-likeness (QED) is 0.729. The Balaban J connectivity index is 2.71. The lowest BCUT2D eigenvalue weighted by Gasteiger charge is -2.09. The molecule has 0 spiro atoms. The molecule has 0 saturated carbocycles. The number of carboxylic acids is 1. The van der Waals surface area contributed by atoms with Gasteiger partial charge in [0.15, 0.2) is 0 Å². The van der Waals surface area contributed by atoms with Crippen LogP contribution in [0.1, 0.15) is 17.3 Å². The summed E-state index contributed by atoms with van der Waals surface area (Å²) in [6.07, 6.45) is 0. The minimum Gasteiger partial charge on any atom is -0.478 e. The fraction of sp³-hybridized carbons (Fsp3) is 0.364. The summed E-state index contributed by atoms with van der Waals surface area (Å²) in [6, 6.07) is 4.11. The van der Waals surface area contributed by atoms with Gasteiger partial charge in [-0.3, -0.25) is 0 Å². The Kier molecular flexibility index (Phi) is 4.72. The van der Waals surface area contributed by atoms with Crippen molar-refractivity contribution in [2.45, 2.75) is 6.92 Å². The highest BCUT2D eigenvalue weighted by atomic mass is 19.1. The zero-order chi connectivity index (χ0) is 12.0. The van der Waals surface area contributed by atoms with E-state index in [4.69, 9.17) is 9.84 Å². The molecule has 5 heteroatoms. The summed E-state index contributed by atoms with van der Waals surface area (Å²) < 4.78 is 18.3. The van der Waals surface area contributed by atoms with Gasteiger partial charge in [-0.15, -0.1) is 0 Å². The number of rotatable bonds is 6. The molecule has 0 bridgehead atoms. The fourth-order valence-electron chi connectivity index (χ4n) is 1.29. The standard InChI is InChI=1S/C11H14FNO3/c1-2-16-7-6-13-9-5-3-4-8(12)10(9)11(14)15/h3-5,13H,2,6-7H2,1H3,(H,14,15). The van der Waals surface area contributed by atoms with Crippen LogP contribution in [0.5, 0.6) is 0 Å². The number of carbonyl (C=O) groups is 1. The van der Waals surface area contributed by atoms with Crippen LogP contribution in [0, 0.1) is 5.82 Å². The van der Waals surface area contributed by atoms with Crippen LogP contribution >= 0.6 is 0 Å². The highest BCUT2D eigenvalue weighted by Gasteiger charge is 2.14. The first-order valence-electron chi connectivity index (χ1n) is 5.00. The van der Waals surface area contributed by atoms with Crippen molar-refractivity contribution in [3.05, 3.63) is 29.6 Å². The zero-order valence-corrected chi connectivity index (χ0v) is 9.00. The lowest BCUT2D eigenvalue weighted by molar-refractivity contribution is 0.0693. The summed E-state index contributed by atoms with van der Waals surface area (Å²) in [5.74, 6) is -2.02. The second-order valence-corrected chi connectivity index (χ2v) is 3.09. The minimum atomic E-state index is -1.28. The van der Waals surface area contributed by atoms with Crippen molar-refractivity contribution in [2.75, 3.05) is 25.1 Å². The van der Waals surface area contributed by atoms with E-state index in [1.807, 2.05) is 6.92 Å². The molecule has 0 amide bonds. The van der Waals surface area contributed by atoms with Crippen LogP contribution in [-0.2, 0) is 4.74 Å². The molecule has 0 saturated heterocycles. The van der Waals surface area contributed by atoms with E-state index in [-0.39, 0.29) is 11.3 Å². The van der Waals surface area contributed by atoms with Crippen molar-refractivity contribution in [1.82, 2.24) is 0 Å². The van der Waals surface area contributed by atoms with Gasteiger partial charge < -0.3 is 15.2 Å². The first kappa shape index (κ1) is 12.4. The van der Waals surface area contributed by atoms with Gasteiger partial charge in [0, 0.05) is 13.2 Å². The van der Waals surface area contributed by atoms with Gasteiger partial charge in [0.05, 0.1) is 12.3 Å². The first-order valence-corrected chi connectivity index (χ1v) is 5.00. The van der Waals surface area contributed by atoms with Crippen LogP contribution in [-0.4, -0.2) is 30.8 Å². The maximum atomic E-state index is 13.2. The van der Waals surface area contributed by atoms with Gasteiger partial charge >= 0.3 is 5.97 Å². The van der Waals surface area contributed by atoms with Crippen molar-refractivity contribution >= 4 is 11.7 Å². The average Bonchev–Trinajstić information content (AvgIpc) is 2.24. The van der Waals surface area contributed by atoms with E-state index >= 15 is 0 Å². The van der Waals surface area contributed by atoms with E-state index in [0.29, 0.717) is 19.8 Å². The van der Waals surface area contributed by atoms with Gasteiger partial charge in [-0.2, -0.15) is 0 Å². The summed E-state index contributed by atoms with van der Waals surface area (Å²) in [5.41, 5.74) is -0.0637. The average molecular weight is 227 g/mol. The molecule has 0 aliphatic carbocycles. The molecule has 4 nitrogen and oxygen atoms in total. The maximum absolute atomic E-state index is 13.2. The molecular formula is C11H14FNO3. The Morgan fingerprint density at radius 2 is 2.31 bits per heavy atom. The van der Waals surface area contributed by atoms with Crippen LogP contribution in [0.25, 0.3) is 0 Å². The number of nitrogens with one attached hydrogen (secondary N) is 1. The summed E-state index contributed by atoms with van der Waals surface area (Å²) in [7, 11) is 0. The second-order valence-electron chi connectivity index (χ2n) is 3.09. The first-order chi connectivity index (χ1) is 7.66. The van der Waals surface area contributed by atoms with Crippen LogP contribution in [0.2, 0.25) is 0 Å². The molecule has 2 N–H and O–H groups in total. The topological polar surface area (TPSA) is 58.6 Å². The highest BCUT2D eigenvalue weighted by molar-refractivity contribution is 5.94. The lowest BCUT2D eigenvalue weighted by Crippen LogP contribution is -2.13. The molecule has 0 unspecified atom stereocenters. The predicted molar refractivity (Wildman–Crippen MR) is 58.3 cm³/mol. The maximum Gasteiger partial charge on any atom is 0.340 e. The number of halogens is 1. The van der Waals surface area contributed by atoms with E-state index in [0.717, 1.165) is 6.07 Å². The number of hydrogen-bond acceptors (Lipinski definition) is 3. The van der Waals surface area contributed by atoms with E-state index < -0.39 is 11.8 Å². The molecule has 0 aliphatic heterocycles. The summed E-state index contributed by atoms with van der Waals surface area (Å²) >= 11 is 0. The van der Waals surface area contributed by atoms with Crippen molar-refractivity contribution in [3.63, 3.8) is 0 Å². The van der Waals surface area contributed by atoms with Gasteiger partial charge in [0.2, 0.25) is 0 Å². The summed E-state index contributed by atoms with van der Waals surface area (Å²) in [6.45, 7) is 3.35.